The molecule has 1 amide bonds. The predicted octanol–water partition coefficient (Wildman–Crippen LogP) is 3.28. The van der Waals surface area contributed by atoms with Gasteiger partial charge in [0.15, 0.2) is 17.4 Å². The number of amides is 1. The van der Waals surface area contributed by atoms with Gasteiger partial charge in [0, 0.05) is 69.5 Å². The molecule has 0 spiro atoms. The molecule has 1 aromatic carbocycles. The van der Waals surface area contributed by atoms with Gasteiger partial charge in [-0.15, -0.1) is 9.24 Å². The molecule has 0 saturated carbocycles. The van der Waals surface area contributed by atoms with Crippen molar-refractivity contribution in [2.45, 2.75) is 13.0 Å². The highest BCUT2D eigenvalue weighted by molar-refractivity contribution is 7.28. The van der Waals surface area contributed by atoms with Crippen LogP contribution in [0.3, 0.4) is 0 Å². The lowest BCUT2D eigenvalue weighted by molar-refractivity contribution is -0.129. The first-order valence-corrected chi connectivity index (χ1v) is 15.6. The van der Waals surface area contributed by atoms with Crippen LogP contribution in [0.5, 0.6) is 17.2 Å². The van der Waals surface area contributed by atoms with E-state index in [1.165, 1.54) is 12.5 Å². The molecule has 2 aliphatic heterocycles. The molecule has 2 unspecified atom stereocenters. The van der Waals surface area contributed by atoms with E-state index in [1.54, 1.807) is 6.08 Å². The number of benzene rings is 1. The second-order valence-electron chi connectivity index (χ2n) is 11.6. The number of likely N-dealkylation sites (N-methyl/N-ethyl adjacent to an activating group) is 1. The number of fused-ring (bicyclic) bond motifs is 5. The molecule has 12 nitrogen and oxygen atoms in total. The van der Waals surface area contributed by atoms with Crippen LogP contribution >= 0.6 is 9.24 Å². The fraction of sp³-hybridized carbons (Fsp3) is 0.303. The number of anilines is 3. The SMILES string of the molecule is C=C/N=c1/cc(Oc2cc(P)c(Nc3ncnc4cc5c(nc34)N3CCN(C(=O)/C=C/CN(C)C)C(CO5)C3)cc2C)ccn1C. The third-order valence-electron chi connectivity index (χ3n) is 7.93. The Bertz CT molecular complexity index is 1910. The smallest absolute Gasteiger partial charge is 0.246 e. The number of pyridine rings is 2. The molecule has 2 bridgehead atoms. The van der Waals surface area contributed by atoms with Crippen LogP contribution in [-0.4, -0.2) is 88.1 Å². The molecule has 6 rings (SSSR count). The Labute approximate surface area is 270 Å². The maximum absolute atomic E-state index is 13.0. The monoisotopic (exact) mass is 639 g/mol. The molecule has 3 aromatic heterocycles. The van der Waals surface area contributed by atoms with Gasteiger partial charge in [-0.05, 0) is 50.1 Å². The molecule has 4 aromatic rings. The predicted molar refractivity (Wildman–Crippen MR) is 183 cm³/mol. The van der Waals surface area contributed by atoms with Gasteiger partial charge in [0.25, 0.3) is 0 Å². The molecule has 2 atom stereocenters. The summed E-state index contributed by atoms with van der Waals surface area (Å²) in [5, 5.41) is 4.36. The van der Waals surface area contributed by atoms with Crippen molar-refractivity contribution >= 4 is 48.8 Å². The van der Waals surface area contributed by atoms with E-state index in [1.807, 2.05) is 85.0 Å². The van der Waals surface area contributed by atoms with E-state index in [4.69, 9.17) is 14.5 Å². The van der Waals surface area contributed by atoms with E-state index in [-0.39, 0.29) is 11.9 Å². The summed E-state index contributed by atoms with van der Waals surface area (Å²) >= 11 is 0. The lowest BCUT2D eigenvalue weighted by Gasteiger charge is -2.39. The van der Waals surface area contributed by atoms with Crippen LogP contribution in [0.2, 0.25) is 0 Å². The average Bonchev–Trinajstić information content (AvgIpc) is 3.16. The van der Waals surface area contributed by atoms with Gasteiger partial charge in [0.2, 0.25) is 5.91 Å². The summed E-state index contributed by atoms with van der Waals surface area (Å²) in [6.45, 7) is 8.65. The Kier molecular flexibility index (Phi) is 9.01. The lowest BCUT2D eigenvalue weighted by atomic mass is 10.1. The van der Waals surface area contributed by atoms with Crippen LogP contribution < -0.4 is 30.5 Å². The van der Waals surface area contributed by atoms with Gasteiger partial charge in [0.05, 0.1) is 11.6 Å². The fourth-order valence-corrected chi connectivity index (χ4v) is 5.82. The van der Waals surface area contributed by atoms with Crippen molar-refractivity contribution in [1.82, 2.24) is 29.3 Å². The first-order chi connectivity index (χ1) is 22.2. The number of aryl methyl sites for hydroxylation is 2. The molecular weight excluding hydrogens is 601 g/mol. The summed E-state index contributed by atoms with van der Waals surface area (Å²) in [4.78, 5) is 37.4. The molecule has 2 aliphatic rings. The van der Waals surface area contributed by atoms with Gasteiger partial charge in [-0.3, -0.25) is 4.79 Å². The van der Waals surface area contributed by atoms with Crippen LogP contribution in [0, 0.1) is 6.92 Å². The molecular formula is C33H38N9O3P. The number of hydrogen-bond acceptors (Lipinski definition) is 10. The number of ether oxygens (including phenoxy) is 2. The van der Waals surface area contributed by atoms with E-state index < -0.39 is 0 Å². The van der Waals surface area contributed by atoms with Gasteiger partial charge in [-0.1, -0.05) is 12.7 Å². The van der Waals surface area contributed by atoms with Crippen LogP contribution in [-0.2, 0) is 11.8 Å². The zero-order chi connectivity index (χ0) is 32.4. The van der Waals surface area contributed by atoms with Crippen molar-refractivity contribution in [3.05, 3.63) is 78.8 Å². The highest BCUT2D eigenvalue weighted by Gasteiger charge is 2.35. The van der Waals surface area contributed by atoms with Crippen molar-refractivity contribution in [1.29, 1.82) is 0 Å². The van der Waals surface area contributed by atoms with E-state index in [2.05, 4.69) is 41.0 Å². The van der Waals surface area contributed by atoms with Crippen molar-refractivity contribution < 1.29 is 14.3 Å². The van der Waals surface area contributed by atoms with Gasteiger partial charge >= 0.3 is 0 Å². The van der Waals surface area contributed by atoms with E-state index in [0.717, 1.165) is 33.6 Å². The lowest BCUT2D eigenvalue weighted by Crippen LogP contribution is -2.56. The zero-order valence-electron chi connectivity index (χ0n) is 26.5. The average molecular weight is 640 g/mol. The summed E-state index contributed by atoms with van der Waals surface area (Å²) in [7, 11) is 8.63. The Balaban J connectivity index is 1.24. The Morgan fingerprint density at radius 2 is 2.11 bits per heavy atom. The number of aromatic nitrogens is 4. The second kappa shape index (κ2) is 13.3. The van der Waals surface area contributed by atoms with Crippen molar-refractivity contribution in [2.75, 3.05) is 57.1 Å². The van der Waals surface area contributed by atoms with Gasteiger partial charge in [-0.25, -0.2) is 19.9 Å². The van der Waals surface area contributed by atoms with E-state index in [0.29, 0.717) is 61.1 Å². The largest absolute Gasteiger partial charge is 0.487 e. The first kappa shape index (κ1) is 31.2. The standard InChI is InChI=1S/C33H38N9O3P/c1-6-34-29-15-23(9-11-40(29)5)45-26-17-28(46)24(14-21(26)2)37-32-31-25(35-20-36-32)16-27-33(38-31)41-12-13-42(22(18-41)19-44-27)30(43)8-7-10-39(3)4/h6-9,11,14-17,20,22H,1,10,12-13,18-19,46H2,2-5H3,(H,35,36,37)/b8-7+,34-29-. The normalized spacial score (nSPS) is 16.4. The van der Waals surface area contributed by atoms with Crippen LogP contribution in [0.4, 0.5) is 17.3 Å². The molecule has 5 heterocycles. The van der Waals surface area contributed by atoms with Crippen molar-refractivity contribution in [2.24, 2.45) is 12.0 Å². The summed E-state index contributed by atoms with van der Waals surface area (Å²) in [6.07, 6.45) is 8.47. The summed E-state index contributed by atoms with van der Waals surface area (Å²) < 4.78 is 14.4. The Morgan fingerprint density at radius 3 is 2.91 bits per heavy atom. The Morgan fingerprint density at radius 1 is 1.26 bits per heavy atom. The summed E-state index contributed by atoms with van der Waals surface area (Å²) in [5.74, 6) is 3.36. The molecule has 46 heavy (non-hydrogen) atoms. The topological polar surface area (TPSA) is 113 Å². The van der Waals surface area contributed by atoms with Gasteiger partial charge in [0.1, 0.15) is 35.4 Å². The maximum Gasteiger partial charge on any atom is 0.246 e. The number of nitrogens with zero attached hydrogens (tertiary/aromatic N) is 8. The van der Waals surface area contributed by atoms with Crippen LogP contribution in [0.25, 0.3) is 11.0 Å². The molecule has 1 N–H and O–H groups in total. The second-order valence-corrected chi connectivity index (χ2v) is 12.2. The summed E-state index contributed by atoms with van der Waals surface area (Å²) in [5.41, 5.74) is 3.81. The third kappa shape index (κ3) is 6.59. The third-order valence-corrected chi connectivity index (χ3v) is 8.41. The fourth-order valence-electron chi connectivity index (χ4n) is 5.51. The quantitative estimate of drug-likeness (QED) is 0.229. The number of nitrogens with one attached hydrogen (secondary N) is 1. The highest BCUT2D eigenvalue weighted by atomic mass is 31.0. The minimum atomic E-state index is -0.0868. The van der Waals surface area contributed by atoms with E-state index in [9.17, 15) is 4.79 Å². The van der Waals surface area contributed by atoms with Crippen molar-refractivity contribution in [3.63, 3.8) is 0 Å². The molecule has 238 valence electrons. The maximum atomic E-state index is 13.0. The van der Waals surface area contributed by atoms with Gasteiger partial charge < -0.3 is 34.1 Å². The van der Waals surface area contributed by atoms with Crippen LogP contribution in [0.1, 0.15) is 5.56 Å². The molecule has 0 radical (unpaired) electrons. The molecule has 1 fully saturated rings. The number of piperazine rings is 1. The molecule has 1 saturated heterocycles. The molecule has 0 aliphatic carbocycles. The highest BCUT2D eigenvalue weighted by Crippen LogP contribution is 2.36. The Hall–Kier alpha value is -4.80. The number of rotatable bonds is 8. The number of carbonyl (C=O) groups excluding carboxylic acids is 1. The van der Waals surface area contributed by atoms with Crippen LogP contribution in [0.15, 0.2) is 72.8 Å². The number of carbonyl (C=O) groups is 1. The summed E-state index contributed by atoms with van der Waals surface area (Å²) in [6, 6.07) is 9.56. The van der Waals surface area contributed by atoms with Gasteiger partial charge in [-0.2, -0.15) is 0 Å². The molecule has 13 heteroatoms. The van der Waals surface area contributed by atoms with Crippen molar-refractivity contribution in [3.8, 4) is 17.2 Å². The number of hydrogen-bond donors (Lipinski definition) is 1. The van der Waals surface area contributed by atoms with E-state index >= 15 is 0 Å². The minimum absolute atomic E-state index is 0.00214. The minimum Gasteiger partial charge on any atom is -0.487 e. The first-order valence-electron chi connectivity index (χ1n) is 15.0. The zero-order valence-corrected chi connectivity index (χ0v) is 27.6.